The molecule has 3 aromatic carbocycles. The van der Waals surface area contributed by atoms with Crippen molar-refractivity contribution in [3.8, 4) is 5.69 Å². The van der Waals surface area contributed by atoms with Crippen LogP contribution in [0.15, 0.2) is 72.9 Å². The van der Waals surface area contributed by atoms with Crippen molar-refractivity contribution in [3.05, 3.63) is 95.4 Å². The van der Waals surface area contributed by atoms with Crippen LogP contribution in [0.25, 0.3) is 16.6 Å². The number of carbonyl (C=O) groups excluding carboxylic acids is 1. The number of aromatic nitrogens is 2. The lowest BCUT2D eigenvalue weighted by Crippen LogP contribution is -2.48. The van der Waals surface area contributed by atoms with Crippen LogP contribution in [0.2, 0.25) is 0 Å². The first-order chi connectivity index (χ1) is 18.1. The van der Waals surface area contributed by atoms with Crippen molar-refractivity contribution >= 4 is 16.9 Å². The summed E-state index contributed by atoms with van der Waals surface area (Å²) in [4.78, 5) is 17.4. The number of halogens is 1. The van der Waals surface area contributed by atoms with Crippen LogP contribution in [0.3, 0.4) is 0 Å². The maximum atomic E-state index is 13.5. The number of fused-ring (bicyclic) bond motifs is 2. The van der Waals surface area contributed by atoms with Gasteiger partial charge < -0.3 is 14.5 Å². The fourth-order valence-corrected chi connectivity index (χ4v) is 6.83. The second kappa shape index (κ2) is 8.42. The number of urea groups is 1. The maximum Gasteiger partial charge on any atom is 0.320 e. The number of hydrogen-bond donors (Lipinski definition) is 0. The lowest BCUT2D eigenvalue weighted by atomic mass is 9.86. The zero-order valence-electron chi connectivity index (χ0n) is 20.8. The smallest absolute Gasteiger partial charge is 0.320 e. The topological polar surface area (TPSA) is 50.6 Å². The zero-order chi connectivity index (χ0) is 25.1. The Bertz CT molecular complexity index is 1480. The van der Waals surface area contributed by atoms with Crippen LogP contribution in [0.5, 0.6) is 0 Å². The van der Waals surface area contributed by atoms with Crippen molar-refractivity contribution in [1.82, 2.24) is 19.6 Å². The van der Waals surface area contributed by atoms with Gasteiger partial charge in [-0.2, -0.15) is 5.10 Å². The second-order valence-electron chi connectivity index (χ2n) is 10.6. The van der Waals surface area contributed by atoms with E-state index < -0.39 is 0 Å². The largest absolute Gasteiger partial charge is 0.378 e. The number of nitrogens with zero attached hydrogens (tertiary/aromatic N) is 4. The first-order valence-electron chi connectivity index (χ1n) is 13.0. The van der Waals surface area contributed by atoms with Crippen molar-refractivity contribution in [2.45, 2.75) is 18.3 Å². The molecule has 7 rings (SSSR count). The van der Waals surface area contributed by atoms with Crippen molar-refractivity contribution in [1.29, 1.82) is 0 Å². The summed E-state index contributed by atoms with van der Waals surface area (Å²) < 4.78 is 20.8. The number of likely N-dealkylation sites (tertiary alicyclic amines) is 1. The molecule has 7 heteroatoms. The zero-order valence-corrected chi connectivity index (χ0v) is 20.8. The van der Waals surface area contributed by atoms with Gasteiger partial charge in [0.2, 0.25) is 0 Å². The minimum atomic E-state index is -0.262. The molecule has 6 nitrogen and oxygen atoms in total. The van der Waals surface area contributed by atoms with E-state index in [-0.39, 0.29) is 17.3 Å². The quantitative estimate of drug-likeness (QED) is 0.406. The average Bonchev–Trinajstić information content (AvgIpc) is 3.19. The van der Waals surface area contributed by atoms with Crippen molar-refractivity contribution in [2.75, 3.05) is 39.4 Å². The molecular formula is C30H29FN4O2. The van der Waals surface area contributed by atoms with Crippen molar-refractivity contribution < 1.29 is 13.9 Å². The van der Waals surface area contributed by atoms with Crippen LogP contribution in [-0.4, -0.2) is 65.0 Å². The van der Waals surface area contributed by atoms with Crippen molar-refractivity contribution in [3.63, 3.8) is 0 Å². The fraction of sp³-hybridized carbons (Fsp3) is 0.333. The molecule has 1 saturated carbocycles. The molecule has 1 aromatic heterocycles. The monoisotopic (exact) mass is 496 g/mol. The summed E-state index contributed by atoms with van der Waals surface area (Å²) in [5, 5.41) is 5.68. The number of benzene rings is 3. The Morgan fingerprint density at radius 1 is 1.03 bits per heavy atom. The molecule has 3 aliphatic rings. The molecule has 0 radical (unpaired) electrons. The molecule has 188 valence electrons. The number of aryl methyl sites for hydroxylation is 1. The molecule has 3 fully saturated rings. The summed E-state index contributed by atoms with van der Waals surface area (Å²) in [6.45, 7) is 6.16. The van der Waals surface area contributed by atoms with Crippen LogP contribution in [0.4, 0.5) is 9.18 Å². The Balaban J connectivity index is 1.28. The van der Waals surface area contributed by atoms with Gasteiger partial charge in [0.15, 0.2) is 0 Å². The van der Waals surface area contributed by atoms with E-state index in [1.807, 2.05) is 15.8 Å². The summed E-state index contributed by atoms with van der Waals surface area (Å²) >= 11 is 0. The Morgan fingerprint density at radius 2 is 1.78 bits per heavy atom. The maximum absolute atomic E-state index is 13.5. The van der Waals surface area contributed by atoms with Crippen LogP contribution < -0.4 is 0 Å². The van der Waals surface area contributed by atoms with Gasteiger partial charge in [0.05, 0.1) is 30.6 Å². The molecule has 1 aliphatic carbocycles. The summed E-state index contributed by atoms with van der Waals surface area (Å²) in [7, 11) is 0. The summed E-state index contributed by atoms with van der Waals surface area (Å²) in [5.41, 5.74) is 5.55. The van der Waals surface area contributed by atoms with Gasteiger partial charge in [0.25, 0.3) is 0 Å². The van der Waals surface area contributed by atoms with E-state index >= 15 is 0 Å². The molecule has 0 bridgehead atoms. The van der Waals surface area contributed by atoms with E-state index in [1.165, 1.54) is 28.8 Å². The summed E-state index contributed by atoms with van der Waals surface area (Å²) in [6, 6.07) is 21.7. The van der Waals surface area contributed by atoms with E-state index in [0.717, 1.165) is 23.1 Å². The molecule has 0 unspecified atom stereocenters. The number of carbonyl (C=O) groups is 1. The number of rotatable bonds is 3. The molecule has 3 atom stereocenters. The van der Waals surface area contributed by atoms with Crippen LogP contribution in [0, 0.1) is 18.7 Å². The number of piperidine rings is 1. The molecule has 3 heterocycles. The third-order valence-corrected chi connectivity index (χ3v) is 8.58. The number of amides is 2. The number of morpholine rings is 1. The number of ether oxygens (including phenoxy) is 1. The lowest BCUT2D eigenvalue weighted by Gasteiger charge is -2.33. The molecule has 4 aromatic rings. The highest BCUT2D eigenvalue weighted by Gasteiger charge is 2.71. The molecule has 2 saturated heterocycles. The van der Waals surface area contributed by atoms with Crippen molar-refractivity contribution in [2.24, 2.45) is 5.92 Å². The summed E-state index contributed by atoms with van der Waals surface area (Å²) in [6.07, 6.45) is 1.89. The first-order valence-corrected chi connectivity index (χ1v) is 13.0. The van der Waals surface area contributed by atoms with E-state index in [4.69, 9.17) is 4.74 Å². The molecular weight excluding hydrogens is 467 g/mol. The summed E-state index contributed by atoms with van der Waals surface area (Å²) in [5.74, 6) is 0.496. The normalized spacial score (nSPS) is 24.9. The van der Waals surface area contributed by atoms with E-state index in [9.17, 15) is 9.18 Å². The lowest BCUT2D eigenvalue weighted by molar-refractivity contribution is 0.0440. The van der Waals surface area contributed by atoms with Gasteiger partial charge >= 0.3 is 6.03 Å². The Hall–Kier alpha value is -3.71. The highest BCUT2D eigenvalue weighted by molar-refractivity contribution is 5.83. The highest BCUT2D eigenvalue weighted by Crippen LogP contribution is 2.69. The SMILES string of the molecule is Cc1cc2c(cnn2-c2ccc(F)cc2)cc1[C@]12CN(C(=O)N3CCOCC3)C[C@H]1[C@@H]2c1ccccc1. The average molecular weight is 497 g/mol. The highest BCUT2D eigenvalue weighted by atomic mass is 19.1. The predicted molar refractivity (Wildman–Crippen MR) is 139 cm³/mol. The van der Waals surface area contributed by atoms with E-state index in [0.29, 0.717) is 44.7 Å². The minimum absolute atomic E-state index is 0.112. The third-order valence-electron chi connectivity index (χ3n) is 8.58. The van der Waals surface area contributed by atoms with Gasteiger partial charge in [-0.3, -0.25) is 0 Å². The van der Waals surface area contributed by atoms with Crippen LogP contribution in [0.1, 0.15) is 22.6 Å². The minimum Gasteiger partial charge on any atom is -0.378 e. The van der Waals surface area contributed by atoms with Gasteiger partial charge in [0, 0.05) is 42.9 Å². The van der Waals surface area contributed by atoms with Gasteiger partial charge in [-0.05, 0) is 65.9 Å². The van der Waals surface area contributed by atoms with Crippen LogP contribution >= 0.6 is 0 Å². The molecule has 2 aliphatic heterocycles. The molecule has 37 heavy (non-hydrogen) atoms. The Morgan fingerprint density at radius 3 is 2.54 bits per heavy atom. The van der Waals surface area contributed by atoms with Gasteiger partial charge in [-0.25, -0.2) is 13.9 Å². The van der Waals surface area contributed by atoms with Gasteiger partial charge in [-0.1, -0.05) is 30.3 Å². The second-order valence-corrected chi connectivity index (χ2v) is 10.6. The van der Waals surface area contributed by atoms with E-state index in [2.05, 4.69) is 59.4 Å². The van der Waals surface area contributed by atoms with Gasteiger partial charge in [0.1, 0.15) is 5.82 Å². The molecule has 0 N–H and O–H groups in total. The van der Waals surface area contributed by atoms with Gasteiger partial charge in [-0.15, -0.1) is 0 Å². The first kappa shape index (κ1) is 22.5. The molecule has 2 amide bonds. The Labute approximate surface area is 215 Å². The van der Waals surface area contributed by atoms with E-state index in [1.54, 1.807) is 12.1 Å². The Kier molecular flexibility index (Phi) is 5.11. The number of hydrogen-bond acceptors (Lipinski definition) is 3. The fourth-order valence-electron chi connectivity index (χ4n) is 6.83. The predicted octanol–water partition coefficient (Wildman–Crippen LogP) is 4.89. The van der Waals surface area contributed by atoms with Crippen LogP contribution in [-0.2, 0) is 10.2 Å². The molecule has 0 spiro atoms. The standard InChI is InChI=1S/C30H29FN4O2/c1-20-15-27-22(17-32-35(27)24-9-7-23(31)8-10-24)16-25(20)30-19-34(29(36)33-11-13-37-14-12-33)18-26(30)28(30)21-5-3-2-4-6-21/h2-10,15-17,26,28H,11-14,18-19H2,1H3/t26-,28-,30+/m0/s1. The third kappa shape index (κ3) is 3.48.